The topological polar surface area (TPSA) is 49.3 Å². The molecule has 1 amide bonds. The second-order valence-electron chi connectivity index (χ2n) is 2.59. The maximum absolute atomic E-state index is 12.4. The van der Waals surface area contributed by atoms with E-state index in [1.807, 2.05) is 0 Å². The van der Waals surface area contributed by atoms with Crippen molar-refractivity contribution < 1.29 is 18.7 Å². The molecular weight excluding hydrogens is 156 g/mol. The van der Waals surface area contributed by atoms with Crippen LogP contribution < -0.4 is 5.32 Å². The minimum atomic E-state index is -3.24. The van der Waals surface area contributed by atoms with Gasteiger partial charge in [0.15, 0.2) is 0 Å². The minimum Gasteiger partial charge on any atom is -0.396 e. The molecule has 1 fully saturated rings. The van der Waals surface area contributed by atoms with E-state index in [9.17, 15) is 13.6 Å². The van der Waals surface area contributed by atoms with Crippen molar-refractivity contribution in [1.29, 1.82) is 0 Å². The molecule has 1 unspecified atom stereocenters. The first-order chi connectivity index (χ1) is 5.06. The molecule has 0 aromatic carbocycles. The number of halogens is 2. The van der Waals surface area contributed by atoms with Crippen molar-refractivity contribution in [3.05, 3.63) is 0 Å². The van der Waals surface area contributed by atoms with Crippen molar-refractivity contribution in [1.82, 2.24) is 5.32 Å². The van der Waals surface area contributed by atoms with Gasteiger partial charge in [-0.15, -0.1) is 0 Å². The van der Waals surface area contributed by atoms with Gasteiger partial charge in [-0.2, -0.15) is 8.78 Å². The Morgan fingerprint density at radius 2 is 2.36 bits per heavy atom. The highest BCUT2D eigenvalue weighted by atomic mass is 19.3. The van der Waals surface area contributed by atoms with Gasteiger partial charge in [0.2, 0.25) is 0 Å². The van der Waals surface area contributed by atoms with Gasteiger partial charge in [0.1, 0.15) is 0 Å². The molecule has 1 aliphatic rings. The molecule has 0 saturated carbocycles. The van der Waals surface area contributed by atoms with Crippen LogP contribution in [0.25, 0.3) is 0 Å². The van der Waals surface area contributed by atoms with Gasteiger partial charge in [0.05, 0.1) is 0 Å². The lowest BCUT2D eigenvalue weighted by atomic mass is 10.1. The second-order valence-corrected chi connectivity index (χ2v) is 2.59. The zero-order valence-electron chi connectivity index (χ0n) is 5.81. The van der Waals surface area contributed by atoms with Crippen LogP contribution in [-0.2, 0) is 4.79 Å². The van der Waals surface area contributed by atoms with Crippen LogP contribution in [0.1, 0.15) is 12.8 Å². The highest BCUT2D eigenvalue weighted by Gasteiger charge is 2.47. The number of hydrogen-bond donors (Lipinski definition) is 2. The maximum Gasteiger partial charge on any atom is 0.326 e. The molecule has 1 heterocycles. The number of rotatable bonds is 2. The summed E-state index contributed by atoms with van der Waals surface area (Å²) in [4.78, 5) is 10.4. The van der Waals surface area contributed by atoms with Crippen molar-refractivity contribution in [3.63, 3.8) is 0 Å². The van der Waals surface area contributed by atoms with Gasteiger partial charge in [-0.05, 0) is 6.42 Å². The number of nitrogens with one attached hydrogen (secondary N) is 1. The normalized spacial score (nSPS) is 28.6. The first-order valence-electron chi connectivity index (χ1n) is 3.36. The van der Waals surface area contributed by atoms with E-state index >= 15 is 0 Å². The van der Waals surface area contributed by atoms with Crippen LogP contribution in [0.4, 0.5) is 8.78 Å². The number of alkyl halides is 2. The van der Waals surface area contributed by atoms with E-state index in [0.717, 1.165) is 0 Å². The summed E-state index contributed by atoms with van der Waals surface area (Å²) in [5, 5.41) is 10.5. The number of aliphatic hydroxyl groups excluding tert-OH is 1. The minimum absolute atomic E-state index is 0.180. The summed E-state index contributed by atoms with van der Waals surface area (Å²) < 4.78 is 24.8. The summed E-state index contributed by atoms with van der Waals surface area (Å²) in [7, 11) is 0. The van der Waals surface area contributed by atoms with Crippen LogP contribution in [0.5, 0.6) is 0 Å². The fraction of sp³-hybridized carbons (Fsp3) is 0.833. The zero-order chi connectivity index (χ0) is 8.48. The van der Waals surface area contributed by atoms with E-state index in [1.165, 1.54) is 0 Å². The van der Waals surface area contributed by atoms with Crippen LogP contribution >= 0.6 is 0 Å². The lowest BCUT2D eigenvalue weighted by Crippen LogP contribution is -2.30. The van der Waals surface area contributed by atoms with Gasteiger partial charge in [-0.3, -0.25) is 4.79 Å². The molecule has 1 atom stereocenters. The van der Waals surface area contributed by atoms with Crippen LogP contribution in [0, 0.1) is 0 Å². The molecule has 2 N–H and O–H groups in total. The molecule has 0 aromatic heterocycles. The van der Waals surface area contributed by atoms with Crippen molar-refractivity contribution in [2.24, 2.45) is 0 Å². The summed E-state index contributed by atoms with van der Waals surface area (Å²) >= 11 is 0. The number of hydrogen-bond acceptors (Lipinski definition) is 2. The van der Waals surface area contributed by atoms with Gasteiger partial charge in [-0.25, -0.2) is 0 Å². The maximum atomic E-state index is 12.4. The average Bonchev–Trinajstić information content (AvgIpc) is 2.08. The number of amides is 1. The van der Waals surface area contributed by atoms with Crippen LogP contribution in [0.15, 0.2) is 0 Å². The van der Waals surface area contributed by atoms with Crippen LogP contribution in [0.3, 0.4) is 0 Å². The molecular formula is C6H9F2NO2. The van der Waals surface area contributed by atoms with Gasteiger partial charge >= 0.3 is 5.92 Å². The lowest BCUT2D eigenvalue weighted by molar-refractivity contribution is -0.139. The van der Waals surface area contributed by atoms with E-state index in [2.05, 4.69) is 5.32 Å². The summed E-state index contributed by atoms with van der Waals surface area (Å²) in [5.41, 5.74) is 0. The Morgan fingerprint density at radius 3 is 2.73 bits per heavy atom. The molecule has 5 heteroatoms. The monoisotopic (exact) mass is 165 g/mol. The second kappa shape index (κ2) is 2.73. The summed E-state index contributed by atoms with van der Waals surface area (Å²) in [6.07, 6.45) is -0.298. The Morgan fingerprint density at radius 1 is 1.73 bits per heavy atom. The quantitative estimate of drug-likeness (QED) is 0.600. The highest BCUT2D eigenvalue weighted by molar-refractivity contribution is 5.85. The van der Waals surface area contributed by atoms with Gasteiger partial charge < -0.3 is 10.4 Å². The number of carbonyl (C=O) groups is 1. The van der Waals surface area contributed by atoms with Crippen molar-refractivity contribution in [2.45, 2.75) is 24.8 Å². The third-order valence-corrected chi connectivity index (χ3v) is 1.65. The number of carbonyl (C=O) groups excluding carboxylic acids is 1. The highest BCUT2D eigenvalue weighted by Crippen LogP contribution is 2.27. The molecule has 64 valence electrons. The summed E-state index contributed by atoms with van der Waals surface area (Å²) in [6.45, 7) is -0.180. The van der Waals surface area contributed by atoms with Crippen molar-refractivity contribution in [2.75, 3.05) is 6.61 Å². The molecule has 1 rings (SSSR count). The first kappa shape index (κ1) is 8.39. The predicted molar refractivity (Wildman–Crippen MR) is 33.2 cm³/mol. The first-order valence-corrected chi connectivity index (χ1v) is 3.36. The smallest absolute Gasteiger partial charge is 0.326 e. The SMILES string of the molecule is O=C1NC(CCO)CC1(F)F. The lowest BCUT2D eigenvalue weighted by Gasteiger charge is -2.04. The van der Waals surface area contributed by atoms with Crippen molar-refractivity contribution in [3.8, 4) is 0 Å². The Bertz CT molecular complexity index is 172. The molecule has 0 aliphatic carbocycles. The summed E-state index contributed by atoms with van der Waals surface area (Å²) in [5.74, 6) is -4.46. The molecule has 0 bridgehead atoms. The van der Waals surface area contributed by atoms with Gasteiger partial charge in [-0.1, -0.05) is 0 Å². The van der Waals surface area contributed by atoms with Gasteiger partial charge in [0.25, 0.3) is 5.91 Å². The summed E-state index contributed by atoms with van der Waals surface area (Å²) in [6, 6.07) is -0.567. The zero-order valence-corrected chi connectivity index (χ0v) is 5.81. The fourth-order valence-electron chi connectivity index (χ4n) is 1.07. The standard InChI is InChI=1S/C6H9F2NO2/c7-6(8)3-4(1-2-10)9-5(6)11/h4,10H,1-3H2,(H,9,11). The van der Waals surface area contributed by atoms with E-state index in [-0.39, 0.29) is 13.0 Å². The van der Waals surface area contributed by atoms with E-state index < -0.39 is 24.3 Å². The van der Waals surface area contributed by atoms with E-state index in [0.29, 0.717) is 0 Å². The molecule has 1 aliphatic heterocycles. The average molecular weight is 165 g/mol. The molecule has 3 nitrogen and oxygen atoms in total. The van der Waals surface area contributed by atoms with E-state index in [4.69, 9.17) is 5.11 Å². The Balaban J connectivity index is 2.50. The Hall–Kier alpha value is -0.710. The largest absolute Gasteiger partial charge is 0.396 e. The predicted octanol–water partition coefficient (Wildman–Crippen LogP) is -0.107. The van der Waals surface area contributed by atoms with E-state index in [1.54, 1.807) is 0 Å². The molecule has 0 aromatic rings. The Labute approximate surface area is 62.4 Å². The third kappa shape index (κ3) is 1.65. The molecule has 11 heavy (non-hydrogen) atoms. The number of aliphatic hydroxyl groups is 1. The third-order valence-electron chi connectivity index (χ3n) is 1.65. The van der Waals surface area contributed by atoms with Gasteiger partial charge in [0, 0.05) is 19.1 Å². The molecule has 0 spiro atoms. The van der Waals surface area contributed by atoms with Crippen molar-refractivity contribution >= 4 is 5.91 Å². The molecule has 0 radical (unpaired) electrons. The van der Waals surface area contributed by atoms with Crippen LogP contribution in [0.2, 0.25) is 0 Å². The molecule has 1 saturated heterocycles. The fourth-order valence-corrected chi connectivity index (χ4v) is 1.07. The Kier molecular flexibility index (Phi) is 2.08. The van der Waals surface area contributed by atoms with Crippen LogP contribution in [-0.4, -0.2) is 29.6 Å².